The molecule has 1 atom stereocenters. The zero-order valence-corrected chi connectivity index (χ0v) is 13.4. The van der Waals surface area contributed by atoms with Gasteiger partial charge in [-0.1, -0.05) is 30.3 Å². The average Bonchev–Trinajstić information content (AvgIpc) is 3.19. The van der Waals surface area contributed by atoms with Gasteiger partial charge in [-0.3, -0.25) is 0 Å². The number of hydrogen-bond donors (Lipinski definition) is 2. The molecule has 23 heavy (non-hydrogen) atoms. The maximum Gasteiger partial charge on any atom is 0.258 e. The second-order valence-electron chi connectivity index (χ2n) is 5.05. The van der Waals surface area contributed by atoms with Crippen molar-refractivity contribution in [1.82, 2.24) is 29.5 Å². The van der Waals surface area contributed by atoms with Crippen LogP contribution in [0.1, 0.15) is 23.3 Å². The highest BCUT2D eigenvalue weighted by Crippen LogP contribution is 2.22. The van der Waals surface area contributed by atoms with Crippen molar-refractivity contribution in [2.24, 2.45) is 7.05 Å². The number of aryl methyl sites for hydroxylation is 1. The van der Waals surface area contributed by atoms with Crippen LogP contribution in [0.3, 0.4) is 0 Å². The van der Waals surface area contributed by atoms with Gasteiger partial charge in [-0.15, -0.1) is 10.2 Å². The Balaban J connectivity index is 2.05. The highest BCUT2D eigenvalue weighted by atomic mass is 32.2. The van der Waals surface area contributed by atoms with E-state index in [9.17, 15) is 8.42 Å². The lowest BCUT2D eigenvalue weighted by atomic mass is 10.1. The number of imidazole rings is 1. The molecule has 0 saturated carbocycles. The lowest BCUT2D eigenvalue weighted by molar-refractivity contribution is 0.559. The van der Waals surface area contributed by atoms with Gasteiger partial charge in [-0.25, -0.2) is 13.4 Å². The molecule has 1 aromatic carbocycles. The summed E-state index contributed by atoms with van der Waals surface area (Å²) in [7, 11) is -1.97. The highest BCUT2D eigenvalue weighted by molar-refractivity contribution is 7.89. The van der Waals surface area contributed by atoms with Gasteiger partial charge in [-0.2, -0.15) is 4.72 Å². The summed E-state index contributed by atoms with van der Waals surface area (Å²) in [6, 6.07) is 8.57. The molecule has 0 bridgehead atoms. The second-order valence-corrected chi connectivity index (χ2v) is 6.73. The van der Waals surface area contributed by atoms with Crippen LogP contribution in [-0.4, -0.2) is 33.2 Å². The number of aromatic amines is 1. The van der Waals surface area contributed by atoms with Crippen molar-refractivity contribution in [3.8, 4) is 0 Å². The van der Waals surface area contributed by atoms with Gasteiger partial charge in [0.2, 0.25) is 0 Å². The first kappa shape index (κ1) is 15.4. The summed E-state index contributed by atoms with van der Waals surface area (Å²) in [6.45, 7) is 1.81. The van der Waals surface area contributed by atoms with Crippen LogP contribution in [0, 0.1) is 6.92 Å². The van der Waals surface area contributed by atoms with E-state index in [1.165, 1.54) is 12.5 Å². The number of hydrogen-bond acceptors (Lipinski definition) is 5. The van der Waals surface area contributed by atoms with Crippen LogP contribution >= 0.6 is 0 Å². The van der Waals surface area contributed by atoms with Gasteiger partial charge in [0.05, 0.1) is 12.5 Å². The summed E-state index contributed by atoms with van der Waals surface area (Å²) in [5, 5.41) is 8.13. The van der Waals surface area contributed by atoms with Crippen LogP contribution in [0.15, 0.2) is 47.9 Å². The zero-order valence-electron chi connectivity index (χ0n) is 12.6. The van der Waals surface area contributed by atoms with Crippen molar-refractivity contribution in [2.45, 2.75) is 18.0 Å². The first-order valence-electron chi connectivity index (χ1n) is 6.90. The molecular weight excluding hydrogens is 316 g/mol. The van der Waals surface area contributed by atoms with E-state index >= 15 is 0 Å². The monoisotopic (exact) mass is 332 g/mol. The lowest BCUT2D eigenvalue weighted by Crippen LogP contribution is -2.31. The predicted octanol–water partition coefficient (Wildman–Crippen LogP) is 0.915. The van der Waals surface area contributed by atoms with Crippen molar-refractivity contribution in [3.05, 3.63) is 60.1 Å². The summed E-state index contributed by atoms with van der Waals surface area (Å²) < 4.78 is 29.5. The minimum Gasteiger partial charge on any atom is -0.335 e. The average molecular weight is 332 g/mol. The minimum atomic E-state index is -3.77. The van der Waals surface area contributed by atoms with Crippen molar-refractivity contribution in [1.29, 1.82) is 0 Å². The first-order valence-corrected chi connectivity index (χ1v) is 8.39. The van der Waals surface area contributed by atoms with Gasteiger partial charge in [0, 0.05) is 7.05 Å². The molecule has 0 aliphatic heterocycles. The van der Waals surface area contributed by atoms with Crippen LogP contribution in [0.5, 0.6) is 0 Å². The van der Waals surface area contributed by atoms with Crippen molar-refractivity contribution in [2.75, 3.05) is 0 Å². The molecule has 9 heteroatoms. The Morgan fingerprint density at radius 3 is 2.52 bits per heavy atom. The third-order valence-electron chi connectivity index (χ3n) is 3.55. The zero-order chi connectivity index (χ0) is 16.4. The second kappa shape index (κ2) is 5.94. The quantitative estimate of drug-likeness (QED) is 0.722. The Bertz CT molecular complexity index is 887. The summed E-state index contributed by atoms with van der Waals surface area (Å²) in [4.78, 5) is 6.36. The molecule has 0 aliphatic rings. The van der Waals surface area contributed by atoms with Crippen LogP contribution < -0.4 is 4.72 Å². The van der Waals surface area contributed by atoms with E-state index in [4.69, 9.17) is 0 Å². The predicted molar refractivity (Wildman–Crippen MR) is 82.9 cm³/mol. The number of benzene rings is 1. The van der Waals surface area contributed by atoms with Gasteiger partial charge in [-0.05, 0) is 12.5 Å². The maximum absolute atomic E-state index is 12.5. The third kappa shape index (κ3) is 3.01. The van der Waals surface area contributed by atoms with Crippen molar-refractivity contribution in [3.63, 3.8) is 0 Å². The van der Waals surface area contributed by atoms with E-state index in [-0.39, 0.29) is 5.03 Å². The molecule has 0 saturated heterocycles. The molecular formula is C14H16N6O2S. The summed E-state index contributed by atoms with van der Waals surface area (Å²) >= 11 is 0. The molecule has 120 valence electrons. The van der Waals surface area contributed by atoms with E-state index in [2.05, 4.69) is 24.9 Å². The molecule has 0 aliphatic carbocycles. The van der Waals surface area contributed by atoms with Gasteiger partial charge in [0.15, 0.2) is 10.9 Å². The summed E-state index contributed by atoms with van der Waals surface area (Å²) in [5.41, 5.74) is 0.770. The van der Waals surface area contributed by atoms with Crippen LogP contribution in [0.2, 0.25) is 0 Å². The van der Waals surface area contributed by atoms with E-state index in [1.54, 1.807) is 11.6 Å². The fourth-order valence-corrected chi connectivity index (χ4v) is 3.29. The topological polar surface area (TPSA) is 106 Å². The molecule has 0 fully saturated rings. The fourth-order valence-electron chi connectivity index (χ4n) is 2.20. The molecule has 1 unspecified atom stereocenters. The lowest BCUT2D eigenvalue weighted by Gasteiger charge is -2.18. The molecule has 3 rings (SSSR count). The van der Waals surface area contributed by atoms with E-state index in [0.29, 0.717) is 11.6 Å². The number of H-pyrrole nitrogens is 1. The number of nitrogens with zero attached hydrogens (tertiary/aromatic N) is 4. The van der Waals surface area contributed by atoms with Crippen LogP contribution in [0.4, 0.5) is 0 Å². The molecule has 2 N–H and O–H groups in total. The van der Waals surface area contributed by atoms with Gasteiger partial charge in [0.1, 0.15) is 11.9 Å². The minimum absolute atomic E-state index is 0.00248. The van der Waals surface area contributed by atoms with Crippen molar-refractivity contribution < 1.29 is 8.42 Å². The largest absolute Gasteiger partial charge is 0.335 e. The molecule has 0 amide bonds. The molecule has 0 radical (unpaired) electrons. The number of rotatable bonds is 5. The SMILES string of the molecule is Cc1nnc(C(NS(=O)(=O)c2cnc[nH]2)c2ccccc2)n1C. The van der Waals surface area contributed by atoms with Crippen LogP contribution in [-0.2, 0) is 17.1 Å². The Labute approximate surface area is 133 Å². The fraction of sp³-hybridized carbons (Fsp3) is 0.214. The smallest absolute Gasteiger partial charge is 0.258 e. The Morgan fingerprint density at radius 1 is 1.22 bits per heavy atom. The van der Waals surface area contributed by atoms with E-state index in [1.807, 2.05) is 37.3 Å². The molecule has 2 aromatic heterocycles. The van der Waals surface area contributed by atoms with Gasteiger partial charge in [0.25, 0.3) is 10.0 Å². The standard InChI is InChI=1S/C14H16N6O2S/c1-10-17-18-14(20(10)2)13(11-6-4-3-5-7-11)19-23(21,22)12-8-15-9-16-12/h3-9,13,19H,1-2H3,(H,15,16). The first-order chi connectivity index (χ1) is 11.0. The summed E-state index contributed by atoms with van der Waals surface area (Å²) in [6.07, 6.45) is 2.57. The highest BCUT2D eigenvalue weighted by Gasteiger charge is 2.27. The molecule has 3 aromatic rings. The number of aromatic nitrogens is 5. The molecule has 0 spiro atoms. The normalized spacial score (nSPS) is 13.1. The van der Waals surface area contributed by atoms with Gasteiger partial charge < -0.3 is 9.55 Å². The van der Waals surface area contributed by atoms with E-state index < -0.39 is 16.1 Å². The summed E-state index contributed by atoms with van der Waals surface area (Å²) in [5.74, 6) is 1.21. The number of sulfonamides is 1. The van der Waals surface area contributed by atoms with E-state index in [0.717, 1.165) is 5.56 Å². The Kier molecular flexibility index (Phi) is 3.97. The maximum atomic E-state index is 12.5. The molecule has 8 nitrogen and oxygen atoms in total. The third-order valence-corrected chi connectivity index (χ3v) is 4.90. The molecule has 2 heterocycles. The van der Waals surface area contributed by atoms with Crippen molar-refractivity contribution >= 4 is 10.0 Å². The Hall–Kier alpha value is -2.52. The number of nitrogens with one attached hydrogen (secondary N) is 2. The van der Waals surface area contributed by atoms with Gasteiger partial charge >= 0.3 is 0 Å². The van der Waals surface area contributed by atoms with Crippen LogP contribution in [0.25, 0.3) is 0 Å². The Morgan fingerprint density at radius 2 is 1.96 bits per heavy atom.